The first-order valence-corrected chi connectivity index (χ1v) is 9.02. The second kappa shape index (κ2) is 6.94. The maximum absolute atomic E-state index is 13.6. The molecule has 0 aromatic heterocycles. The lowest BCUT2D eigenvalue weighted by molar-refractivity contribution is -0.137. The summed E-state index contributed by atoms with van der Waals surface area (Å²) < 4.78 is 77.0. The molecule has 0 atom stereocenters. The molecule has 0 bridgehead atoms. The van der Waals surface area contributed by atoms with Crippen LogP contribution >= 0.6 is 0 Å². The van der Waals surface area contributed by atoms with Crippen LogP contribution in [0.4, 0.5) is 28.9 Å². The number of nitrogens with one attached hydrogen (secondary N) is 2. The van der Waals surface area contributed by atoms with Crippen molar-refractivity contribution in [3.8, 4) is 0 Å². The SMILES string of the molecule is Cc1ccc(C(=O)Nc2cc(C(F)(F)F)ccc2NS(C)(=O)=O)cc1F. The van der Waals surface area contributed by atoms with Gasteiger partial charge < -0.3 is 5.32 Å². The summed E-state index contributed by atoms with van der Waals surface area (Å²) in [5, 5.41) is 2.18. The van der Waals surface area contributed by atoms with Crippen molar-refractivity contribution >= 4 is 27.3 Å². The van der Waals surface area contributed by atoms with Crippen molar-refractivity contribution in [1.29, 1.82) is 0 Å². The van der Waals surface area contributed by atoms with Crippen LogP contribution in [0.3, 0.4) is 0 Å². The fraction of sp³-hybridized carbons (Fsp3) is 0.188. The lowest BCUT2D eigenvalue weighted by atomic mass is 10.1. The van der Waals surface area contributed by atoms with Crippen molar-refractivity contribution < 1.29 is 30.8 Å². The van der Waals surface area contributed by atoms with E-state index in [4.69, 9.17) is 0 Å². The maximum Gasteiger partial charge on any atom is 0.416 e. The molecule has 1 amide bonds. The van der Waals surface area contributed by atoms with Crippen LogP contribution in [-0.4, -0.2) is 20.6 Å². The van der Waals surface area contributed by atoms with Gasteiger partial charge in [0.25, 0.3) is 5.91 Å². The van der Waals surface area contributed by atoms with Crippen LogP contribution in [-0.2, 0) is 16.2 Å². The summed E-state index contributed by atoms with van der Waals surface area (Å²) in [6, 6.07) is 5.72. The number of halogens is 4. The minimum Gasteiger partial charge on any atom is -0.320 e. The van der Waals surface area contributed by atoms with Gasteiger partial charge in [0.05, 0.1) is 23.2 Å². The molecule has 0 fully saturated rings. The van der Waals surface area contributed by atoms with Crippen molar-refractivity contribution in [2.75, 3.05) is 16.3 Å². The molecule has 2 N–H and O–H groups in total. The van der Waals surface area contributed by atoms with Gasteiger partial charge in [-0.2, -0.15) is 13.2 Å². The number of hydrogen-bond donors (Lipinski definition) is 2. The number of carbonyl (C=O) groups is 1. The first kappa shape index (κ1) is 19.7. The topological polar surface area (TPSA) is 75.3 Å². The van der Waals surface area contributed by atoms with E-state index in [1.54, 1.807) is 0 Å². The Labute approximate surface area is 147 Å². The highest BCUT2D eigenvalue weighted by Gasteiger charge is 2.31. The Morgan fingerprint density at radius 1 is 1.04 bits per heavy atom. The molecule has 140 valence electrons. The molecule has 0 spiro atoms. The van der Waals surface area contributed by atoms with Crippen molar-refractivity contribution in [3.05, 3.63) is 58.9 Å². The monoisotopic (exact) mass is 390 g/mol. The van der Waals surface area contributed by atoms with E-state index < -0.39 is 39.2 Å². The smallest absolute Gasteiger partial charge is 0.320 e. The number of amides is 1. The third kappa shape index (κ3) is 4.94. The quantitative estimate of drug-likeness (QED) is 0.781. The lowest BCUT2D eigenvalue weighted by Crippen LogP contribution is -2.17. The standard InChI is InChI=1S/C16H14F4N2O3S/c1-9-3-4-10(7-12(9)17)15(23)21-14-8-11(16(18,19)20)5-6-13(14)22-26(2,24)25/h3-8,22H,1-2H3,(H,21,23). The van der Waals surface area contributed by atoms with Gasteiger partial charge >= 0.3 is 6.18 Å². The molecular formula is C16H14F4N2O3S. The first-order valence-electron chi connectivity index (χ1n) is 7.13. The summed E-state index contributed by atoms with van der Waals surface area (Å²) in [7, 11) is -3.80. The van der Waals surface area contributed by atoms with Crippen LogP contribution in [0, 0.1) is 12.7 Å². The van der Waals surface area contributed by atoms with E-state index >= 15 is 0 Å². The number of carbonyl (C=O) groups excluding carboxylic acids is 1. The van der Waals surface area contributed by atoms with Crippen molar-refractivity contribution in [2.45, 2.75) is 13.1 Å². The highest BCUT2D eigenvalue weighted by Crippen LogP contribution is 2.34. The molecule has 0 aliphatic heterocycles. The number of rotatable bonds is 4. The number of anilines is 2. The summed E-state index contributed by atoms with van der Waals surface area (Å²) in [5.74, 6) is -1.55. The summed E-state index contributed by atoms with van der Waals surface area (Å²) in [5.41, 5.74) is -1.57. The lowest BCUT2D eigenvalue weighted by Gasteiger charge is -2.15. The largest absolute Gasteiger partial charge is 0.416 e. The molecule has 2 aromatic rings. The number of alkyl halides is 3. The molecule has 0 aliphatic rings. The van der Waals surface area contributed by atoms with Crippen LogP contribution in [0.25, 0.3) is 0 Å². The second-order valence-electron chi connectivity index (χ2n) is 5.55. The number of aryl methyl sites for hydroxylation is 1. The van der Waals surface area contributed by atoms with Gasteiger partial charge in [0, 0.05) is 5.56 Å². The Morgan fingerprint density at radius 2 is 1.69 bits per heavy atom. The van der Waals surface area contributed by atoms with Crippen molar-refractivity contribution in [2.24, 2.45) is 0 Å². The predicted molar refractivity (Wildman–Crippen MR) is 89.0 cm³/mol. The molecule has 5 nitrogen and oxygen atoms in total. The van der Waals surface area contributed by atoms with Crippen LogP contribution < -0.4 is 10.0 Å². The first-order chi connectivity index (χ1) is 11.9. The van der Waals surface area contributed by atoms with E-state index in [1.807, 2.05) is 4.72 Å². The van der Waals surface area contributed by atoms with E-state index in [2.05, 4.69) is 5.32 Å². The van der Waals surface area contributed by atoms with Crippen LogP contribution in [0.15, 0.2) is 36.4 Å². The molecule has 0 saturated carbocycles. The summed E-state index contributed by atoms with van der Waals surface area (Å²) in [6.07, 6.45) is -3.88. The van der Waals surface area contributed by atoms with Gasteiger partial charge in [-0.25, -0.2) is 12.8 Å². The Morgan fingerprint density at radius 3 is 2.23 bits per heavy atom. The van der Waals surface area contributed by atoms with Crippen LogP contribution in [0.2, 0.25) is 0 Å². The molecule has 0 saturated heterocycles. The van der Waals surface area contributed by atoms with Crippen LogP contribution in [0.1, 0.15) is 21.5 Å². The van der Waals surface area contributed by atoms with E-state index in [1.165, 1.54) is 19.1 Å². The van der Waals surface area contributed by atoms with Gasteiger partial charge in [-0.05, 0) is 42.8 Å². The fourth-order valence-corrected chi connectivity index (χ4v) is 2.62. The molecule has 0 unspecified atom stereocenters. The minimum atomic E-state index is -4.70. The average molecular weight is 390 g/mol. The third-order valence-electron chi connectivity index (χ3n) is 3.32. The summed E-state index contributed by atoms with van der Waals surface area (Å²) in [6.45, 7) is 1.48. The zero-order chi connectivity index (χ0) is 19.7. The zero-order valence-electron chi connectivity index (χ0n) is 13.6. The van der Waals surface area contributed by atoms with Gasteiger partial charge in [0.15, 0.2) is 0 Å². The van der Waals surface area contributed by atoms with E-state index in [9.17, 15) is 30.8 Å². The Kier molecular flexibility index (Phi) is 5.26. The van der Waals surface area contributed by atoms with Gasteiger partial charge in [0.1, 0.15) is 5.82 Å². The Bertz CT molecular complexity index is 956. The van der Waals surface area contributed by atoms with Crippen molar-refractivity contribution in [3.63, 3.8) is 0 Å². The number of benzene rings is 2. The molecule has 0 heterocycles. The molecule has 10 heteroatoms. The maximum atomic E-state index is 13.6. The summed E-state index contributed by atoms with van der Waals surface area (Å²) in [4.78, 5) is 12.2. The zero-order valence-corrected chi connectivity index (χ0v) is 14.4. The second-order valence-corrected chi connectivity index (χ2v) is 7.30. The van der Waals surface area contributed by atoms with E-state index in [0.29, 0.717) is 17.7 Å². The third-order valence-corrected chi connectivity index (χ3v) is 3.92. The minimum absolute atomic E-state index is 0.129. The number of sulfonamides is 1. The van der Waals surface area contributed by atoms with Crippen LogP contribution in [0.5, 0.6) is 0 Å². The average Bonchev–Trinajstić information content (AvgIpc) is 2.49. The number of hydrogen-bond acceptors (Lipinski definition) is 3. The van der Waals surface area contributed by atoms with Crippen molar-refractivity contribution in [1.82, 2.24) is 0 Å². The van der Waals surface area contributed by atoms with E-state index in [0.717, 1.165) is 18.4 Å². The van der Waals surface area contributed by atoms with Gasteiger partial charge in [-0.15, -0.1) is 0 Å². The molecule has 0 aliphatic carbocycles. The molecule has 2 aromatic carbocycles. The van der Waals surface area contributed by atoms with E-state index in [-0.39, 0.29) is 11.3 Å². The molecular weight excluding hydrogens is 376 g/mol. The Balaban J connectivity index is 2.43. The van der Waals surface area contributed by atoms with Gasteiger partial charge in [-0.1, -0.05) is 6.07 Å². The normalized spacial score (nSPS) is 11.9. The highest BCUT2D eigenvalue weighted by molar-refractivity contribution is 7.92. The Hall–Kier alpha value is -2.62. The summed E-state index contributed by atoms with van der Waals surface area (Å²) >= 11 is 0. The van der Waals surface area contributed by atoms with Gasteiger partial charge in [-0.3, -0.25) is 9.52 Å². The fourth-order valence-electron chi connectivity index (χ4n) is 2.04. The molecule has 0 radical (unpaired) electrons. The molecule has 2 rings (SSSR count). The molecule has 26 heavy (non-hydrogen) atoms. The highest BCUT2D eigenvalue weighted by atomic mass is 32.2. The predicted octanol–water partition coefficient (Wildman–Crippen LogP) is 3.78. The van der Waals surface area contributed by atoms with Gasteiger partial charge in [0.2, 0.25) is 10.0 Å².